The number of fused-ring (bicyclic) bond motifs is 4. The summed E-state index contributed by atoms with van der Waals surface area (Å²) in [6.07, 6.45) is 7.26. The maximum atomic E-state index is 6.45. The van der Waals surface area contributed by atoms with Gasteiger partial charge in [-0.05, 0) is 54.9 Å². The lowest BCUT2D eigenvalue weighted by Crippen LogP contribution is -2.16. The quantitative estimate of drug-likeness (QED) is 0.311. The van der Waals surface area contributed by atoms with E-state index in [4.69, 9.17) is 19.7 Å². The lowest BCUT2D eigenvalue weighted by atomic mass is 9.95. The molecule has 3 heterocycles. The van der Waals surface area contributed by atoms with E-state index in [1.165, 1.54) is 12.8 Å². The molecule has 1 fully saturated rings. The highest BCUT2D eigenvalue weighted by atomic mass is 16.5. The standard InChI is InChI=1S/C29H27N5O/c1-33-26-9-5-3-7-22(26)31-28(33)24-15-21(35-17-20-14-18-11-12-19(20)13-18)16-25(30-24)29-32-23-8-4-6-10-27(23)34(29)2/h3-12,15-16,18-20H,13-14,17H2,1-2H3. The molecule has 3 unspecified atom stereocenters. The normalized spacial score (nSPS) is 20.9. The van der Waals surface area contributed by atoms with E-state index < -0.39 is 0 Å². The van der Waals surface area contributed by atoms with Crippen molar-refractivity contribution < 1.29 is 4.74 Å². The number of nitrogens with zero attached hydrogens (tertiary/aromatic N) is 5. The minimum absolute atomic E-state index is 0.580. The molecular weight excluding hydrogens is 434 g/mol. The minimum atomic E-state index is 0.580. The number of para-hydroxylation sites is 4. The molecule has 7 rings (SSSR count). The number of allylic oxidation sites excluding steroid dienone is 2. The molecule has 3 aromatic heterocycles. The van der Waals surface area contributed by atoms with Crippen LogP contribution in [-0.2, 0) is 14.1 Å². The van der Waals surface area contributed by atoms with Crippen molar-refractivity contribution in [3.8, 4) is 28.8 Å². The SMILES string of the molecule is Cn1c(-c2cc(OCC3CC4C=CC3C4)cc(-c3nc4ccccc4n3C)n2)nc2ccccc21. The summed E-state index contributed by atoms with van der Waals surface area (Å²) in [7, 11) is 4.08. The van der Waals surface area contributed by atoms with Crippen LogP contribution in [-0.4, -0.2) is 30.7 Å². The van der Waals surface area contributed by atoms with E-state index in [0.29, 0.717) is 11.8 Å². The van der Waals surface area contributed by atoms with Crippen LogP contribution in [0, 0.1) is 17.8 Å². The van der Waals surface area contributed by atoms with Gasteiger partial charge in [0, 0.05) is 26.2 Å². The Balaban J connectivity index is 1.33. The number of ether oxygens (including phenoxy) is 1. The van der Waals surface area contributed by atoms with Crippen molar-refractivity contribution in [2.75, 3.05) is 6.61 Å². The van der Waals surface area contributed by atoms with Crippen LogP contribution >= 0.6 is 0 Å². The Morgan fingerprint density at radius 1 is 0.771 bits per heavy atom. The van der Waals surface area contributed by atoms with Crippen molar-refractivity contribution in [2.24, 2.45) is 31.8 Å². The van der Waals surface area contributed by atoms with Crippen LogP contribution in [0.25, 0.3) is 45.1 Å². The van der Waals surface area contributed by atoms with Gasteiger partial charge in [0.15, 0.2) is 11.6 Å². The van der Waals surface area contributed by atoms with Gasteiger partial charge in [0.05, 0.1) is 28.7 Å². The Morgan fingerprint density at radius 3 is 1.89 bits per heavy atom. The van der Waals surface area contributed by atoms with Crippen molar-refractivity contribution in [1.82, 2.24) is 24.1 Å². The molecule has 5 aromatic rings. The summed E-state index contributed by atoms with van der Waals surface area (Å²) in [4.78, 5) is 14.8. The summed E-state index contributed by atoms with van der Waals surface area (Å²) in [5, 5.41) is 0. The molecule has 0 radical (unpaired) electrons. The molecule has 0 N–H and O–H groups in total. The van der Waals surface area contributed by atoms with Crippen molar-refractivity contribution in [2.45, 2.75) is 12.8 Å². The van der Waals surface area contributed by atoms with E-state index in [1.807, 2.05) is 62.6 Å². The number of benzene rings is 2. The molecule has 1 saturated carbocycles. The zero-order valence-corrected chi connectivity index (χ0v) is 19.9. The zero-order valence-electron chi connectivity index (χ0n) is 19.9. The second-order valence-electron chi connectivity index (χ2n) is 9.89. The fraction of sp³-hybridized carbons (Fsp3) is 0.276. The molecule has 6 nitrogen and oxygen atoms in total. The highest BCUT2D eigenvalue weighted by Crippen LogP contribution is 2.43. The summed E-state index contributed by atoms with van der Waals surface area (Å²) in [6, 6.07) is 20.4. The maximum Gasteiger partial charge on any atom is 0.159 e. The van der Waals surface area contributed by atoms with Crippen LogP contribution in [0.3, 0.4) is 0 Å². The van der Waals surface area contributed by atoms with Crippen LogP contribution in [0.15, 0.2) is 72.8 Å². The molecule has 3 atom stereocenters. The van der Waals surface area contributed by atoms with E-state index in [9.17, 15) is 0 Å². The molecule has 174 valence electrons. The molecule has 0 amide bonds. The van der Waals surface area contributed by atoms with Crippen LogP contribution in [0.2, 0.25) is 0 Å². The van der Waals surface area contributed by atoms with E-state index in [-0.39, 0.29) is 0 Å². The molecule has 6 heteroatoms. The summed E-state index contributed by atoms with van der Waals surface area (Å²) in [6.45, 7) is 0.722. The Kier molecular flexibility index (Phi) is 4.56. The van der Waals surface area contributed by atoms with Crippen molar-refractivity contribution in [3.63, 3.8) is 0 Å². The second-order valence-corrected chi connectivity index (χ2v) is 9.89. The van der Waals surface area contributed by atoms with E-state index in [2.05, 4.69) is 33.4 Å². The third-order valence-corrected chi connectivity index (χ3v) is 7.71. The predicted molar refractivity (Wildman–Crippen MR) is 138 cm³/mol. The fourth-order valence-electron chi connectivity index (χ4n) is 5.86. The largest absolute Gasteiger partial charge is 0.493 e. The van der Waals surface area contributed by atoms with Gasteiger partial charge in [0.2, 0.25) is 0 Å². The van der Waals surface area contributed by atoms with E-state index in [0.717, 1.165) is 63.4 Å². The number of hydrogen-bond donors (Lipinski definition) is 0. The zero-order chi connectivity index (χ0) is 23.5. The summed E-state index contributed by atoms with van der Waals surface area (Å²) >= 11 is 0. The highest BCUT2D eigenvalue weighted by molar-refractivity contribution is 5.82. The number of hydrogen-bond acceptors (Lipinski definition) is 4. The van der Waals surface area contributed by atoms with Gasteiger partial charge in [-0.1, -0.05) is 36.4 Å². The molecule has 0 saturated heterocycles. The maximum absolute atomic E-state index is 6.45. The van der Waals surface area contributed by atoms with Crippen molar-refractivity contribution in [1.29, 1.82) is 0 Å². The molecule has 0 spiro atoms. The number of aromatic nitrogens is 5. The fourth-order valence-corrected chi connectivity index (χ4v) is 5.86. The number of imidazole rings is 2. The molecule has 2 aromatic carbocycles. The van der Waals surface area contributed by atoms with E-state index in [1.54, 1.807) is 0 Å². The summed E-state index contributed by atoms with van der Waals surface area (Å²) in [5.41, 5.74) is 5.64. The Hall–Kier alpha value is -3.93. The Labute approximate surface area is 203 Å². The lowest BCUT2D eigenvalue weighted by molar-refractivity contribution is 0.227. The first-order chi connectivity index (χ1) is 17.1. The third kappa shape index (κ3) is 3.35. The highest BCUT2D eigenvalue weighted by Gasteiger charge is 2.36. The van der Waals surface area contributed by atoms with Gasteiger partial charge in [-0.3, -0.25) is 0 Å². The minimum Gasteiger partial charge on any atom is -0.493 e. The second kappa shape index (κ2) is 7.80. The van der Waals surface area contributed by atoms with Gasteiger partial charge in [-0.25, -0.2) is 15.0 Å². The number of rotatable bonds is 5. The van der Waals surface area contributed by atoms with Gasteiger partial charge in [0.25, 0.3) is 0 Å². The summed E-state index contributed by atoms with van der Waals surface area (Å²) in [5.74, 6) is 4.42. The van der Waals surface area contributed by atoms with E-state index >= 15 is 0 Å². The monoisotopic (exact) mass is 461 g/mol. The average molecular weight is 462 g/mol. The van der Waals surface area contributed by atoms with Gasteiger partial charge in [0.1, 0.15) is 17.1 Å². The first-order valence-electron chi connectivity index (χ1n) is 12.3. The third-order valence-electron chi connectivity index (χ3n) is 7.71. The first kappa shape index (κ1) is 20.4. The first-order valence-corrected chi connectivity index (χ1v) is 12.3. The molecular formula is C29H27N5O. The average Bonchev–Trinajstić information content (AvgIpc) is 3.66. The smallest absolute Gasteiger partial charge is 0.159 e. The predicted octanol–water partition coefficient (Wildman–Crippen LogP) is 5.78. The Bertz CT molecular complexity index is 1510. The molecule has 35 heavy (non-hydrogen) atoms. The molecule has 2 bridgehead atoms. The molecule has 2 aliphatic carbocycles. The van der Waals surface area contributed by atoms with Gasteiger partial charge >= 0.3 is 0 Å². The van der Waals surface area contributed by atoms with Crippen LogP contribution in [0.5, 0.6) is 5.75 Å². The van der Waals surface area contributed by atoms with Crippen molar-refractivity contribution >= 4 is 22.1 Å². The van der Waals surface area contributed by atoms with Crippen LogP contribution in [0.4, 0.5) is 0 Å². The van der Waals surface area contributed by atoms with Gasteiger partial charge < -0.3 is 13.9 Å². The Morgan fingerprint density at radius 2 is 1.37 bits per heavy atom. The molecule has 0 aliphatic heterocycles. The van der Waals surface area contributed by atoms with Crippen LogP contribution in [0.1, 0.15) is 12.8 Å². The number of aryl methyl sites for hydroxylation is 2. The van der Waals surface area contributed by atoms with Crippen molar-refractivity contribution in [3.05, 3.63) is 72.8 Å². The number of pyridine rings is 1. The van der Waals surface area contributed by atoms with Gasteiger partial charge in [-0.2, -0.15) is 0 Å². The lowest BCUT2D eigenvalue weighted by Gasteiger charge is -2.19. The summed E-state index contributed by atoms with van der Waals surface area (Å²) < 4.78 is 10.6. The molecule has 2 aliphatic rings. The topological polar surface area (TPSA) is 57.8 Å². The van der Waals surface area contributed by atoms with Crippen LogP contribution < -0.4 is 4.74 Å². The van der Waals surface area contributed by atoms with Gasteiger partial charge in [-0.15, -0.1) is 0 Å².